The maximum Gasteiger partial charge on any atom is 0.330 e. The first-order valence-corrected chi connectivity index (χ1v) is 4.99. The van der Waals surface area contributed by atoms with Gasteiger partial charge in [0, 0.05) is 21.1 Å². The van der Waals surface area contributed by atoms with Crippen LogP contribution < -0.4 is 4.57 Å². The van der Waals surface area contributed by atoms with E-state index in [9.17, 15) is 0 Å². The normalized spacial score (nSPS) is 17.6. The summed E-state index contributed by atoms with van der Waals surface area (Å²) in [5.41, 5.74) is 1.71. The average Bonchev–Trinajstić information content (AvgIpc) is 2.37. The van der Waals surface area contributed by atoms with E-state index in [1.807, 2.05) is 0 Å². The second-order valence-electron chi connectivity index (χ2n) is 3.78. The second kappa shape index (κ2) is 4.05. The fraction of sp³-hybridized carbons (Fsp3) is 0.286. The van der Waals surface area contributed by atoms with E-state index in [0.29, 0.717) is 11.4 Å². The number of aryl methyl sites for hydroxylation is 4. The maximum atomic E-state index is 7.46. The summed E-state index contributed by atoms with van der Waals surface area (Å²) in [7, 11) is 1.77. The Kier molecular flexibility index (Phi) is 1.41. The Labute approximate surface area is 105 Å². The molecule has 2 aromatic rings. The predicted molar refractivity (Wildman–Crippen MR) is 65.1 cm³/mol. The Bertz CT molecular complexity index is 703. The van der Waals surface area contributed by atoms with Gasteiger partial charge in [0.2, 0.25) is 0 Å². The summed E-state index contributed by atoms with van der Waals surface area (Å²) in [6.45, 7) is -2.66. The molecule has 0 bridgehead atoms. The van der Waals surface area contributed by atoms with Crippen LogP contribution in [0.2, 0.25) is 0 Å². The van der Waals surface area contributed by atoms with Gasteiger partial charge in [-0.25, -0.2) is 4.57 Å². The zero-order chi connectivity index (χ0) is 16.7. The van der Waals surface area contributed by atoms with Crippen LogP contribution in [0.3, 0.4) is 0 Å². The van der Waals surface area contributed by atoms with Crippen molar-refractivity contribution in [3.8, 4) is 11.4 Å². The Morgan fingerprint density at radius 3 is 2.81 bits per heavy atom. The van der Waals surface area contributed by atoms with E-state index in [-0.39, 0.29) is 11.3 Å². The molecule has 1 aromatic heterocycles. The summed E-state index contributed by atoms with van der Waals surface area (Å²) in [4.78, 5) is 4.23. The SMILES string of the molecule is [2H]C([2H])([2H])c1ccc(-c2nc(C([2H])([2H])[2H])cc[n+]2C)c(C)c1. The van der Waals surface area contributed by atoms with Crippen LogP contribution in [-0.4, -0.2) is 4.98 Å². The number of aromatic nitrogens is 2. The van der Waals surface area contributed by atoms with Crippen molar-refractivity contribution in [3.63, 3.8) is 0 Å². The highest BCUT2D eigenvalue weighted by molar-refractivity contribution is 5.58. The first-order valence-electron chi connectivity index (χ1n) is 7.99. The Balaban J connectivity index is 2.57. The van der Waals surface area contributed by atoms with Gasteiger partial charge in [-0.2, -0.15) is 0 Å². The summed E-state index contributed by atoms with van der Waals surface area (Å²) < 4.78 is 46.4. The molecule has 2 nitrogen and oxygen atoms in total. The zero-order valence-electron chi connectivity index (χ0n) is 15.3. The number of benzene rings is 1. The van der Waals surface area contributed by atoms with E-state index in [0.717, 1.165) is 5.56 Å². The fourth-order valence-electron chi connectivity index (χ4n) is 1.65. The molecule has 0 amide bonds. The van der Waals surface area contributed by atoms with Gasteiger partial charge in [-0.15, -0.1) is 0 Å². The van der Waals surface area contributed by atoms with Gasteiger partial charge in [-0.05, 0) is 30.4 Å². The smallest absolute Gasteiger partial charge is 0.233 e. The highest BCUT2D eigenvalue weighted by Gasteiger charge is 2.15. The minimum Gasteiger partial charge on any atom is -0.233 e. The quantitative estimate of drug-likeness (QED) is 0.673. The minimum absolute atomic E-state index is 0.0138. The molecule has 1 heterocycles. The van der Waals surface area contributed by atoms with E-state index in [2.05, 4.69) is 4.98 Å². The van der Waals surface area contributed by atoms with Crippen LogP contribution in [0.25, 0.3) is 11.4 Å². The summed E-state index contributed by atoms with van der Waals surface area (Å²) in [6.07, 6.45) is 1.64. The van der Waals surface area contributed by atoms with E-state index in [1.165, 1.54) is 12.1 Å². The molecular weight excluding hydrogens is 196 g/mol. The van der Waals surface area contributed by atoms with Gasteiger partial charge in [-0.3, -0.25) is 0 Å². The molecule has 0 saturated carbocycles. The summed E-state index contributed by atoms with van der Waals surface area (Å²) in [6, 6.07) is 6.25. The molecule has 1 aromatic carbocycles. The molecule has 16 heavy (non-hydrogen) atoms. The third kappa shape index (κ3) is 1.96. The van der Waals surface area contributed by atoms with E-state index < -0.39 is 13.7 Å². The van der Waals surface area contributed by atoms with Crippen molar-refractivity contribution in [2.24, 2.45) is 7.05 Å². The lowest BCUT2D eigenvalue weighted by molar-refractivity contribution is -0.663. The third-order valence-electron chi connectivity index (χ3n) is 2.48. The van der Waals surface area contributed by atoms with E-state index in [1.54, 1.807) is 36.9 Å². The number of hydrogen-bond acceptors (Lipinski definition) is 1. The molecule has 0 fully saturated rings. The Morgan fingerprint density at radius 2 is 2.12 bits per heavy atom. The third-order valence-corrected chi connectivity index (χ3v) is 2.48. The first-order chi connectivity index (χ1) is 10.00. The van der Waals surface area contributed by atoms with Gasteiger partial charge in [0.1, 0.15) is 0 Å². The van der Waals surface area contributed by atoms with Gasteiger partial charge >= 0.3 is 5.82 Å². The van der Waals surface area contributed by atoms with Crippen LogP contribution in [0.1, 0.15) is 25.0 Å². The molecule has 0 atom stereocenters. The molecule has 0 radical (unpaired) electrons. The van der Waals surface area contributed by atoms with Gasteiger partial charge in [-0.1, -0.05) is 17.7 Å². The molecule has 0 unspecified atom stereocenters. The van der Waals surface area contributed by atoms with Gasteiger partial charge in [0.25, 0.3) is 0 Å². The second-order valence-corrected chi connectivity index (χ2v) is 3.78. The van der Waals surface area contributed by atoms with Crippen LogP contribution in [-0.2, 0) is 7.05 Å². The van der Waals surface area contributed by atoms with Crippen LogP contribution in [0.15, 0.2) is 30.5 Å². The molecule has 0 spiro atoms. The molecule has 2 heteroatoms. The van der Waals surface area contributed by atoms with Crippen molar-refractivity contribution in [2.75, 3.05) is 0 Å². The van der Waals surface area contributed by atoms with Crippen molar-refractivity contribution in [1.29, 1.82) is 0 Å². The highest BCUT2D eigenvalue weighted by Crippen LogP contribution is 2.19. The lowest BCUT2D eigenvalue weighted by Gasteiger charge is -2.04. The van der Waals surface area contributed by atoms with Crippen molar-refractivity contribution < 1.29 is 12.8 Å². The molecule has 0 aliphatic rings. The van der Waals surface area contributed by atoms with Crippen molar-refractivity contribution in [1.82, 2.24) is 4.98 Å². The maximum absolute atomic E-state index is 7.46. The van der Waals surface area contributed by atoms with E-state index >= 15 is 0 Å². The summed E-state index contributed by atoms with van der Waals surface area (Å²) in [5.74, 6) is 0.489. The van der Waals surface area contributed by atoms with Crippen LogP contribution >= 0.6 is 0 Å². The van der Waals surface area contributed by atoms with Gasteiger partial charge < -0.3 is 0 Å². The topological polar surface area (TPSA) is 16.8 Å². The lowest BCUT2D eigenvalue weighted by atomic mass is 10.1. The number of rotatable bonds is 1. The predicted octanol–water partition coefficient (Wildman–Crippen LogP) is 2.50. The molecule has 0 aliphatic carbocycles. The van der Waals surface area contributed by atoms with Crippen LogP contribution in [0.5, 0.6) is 0 Å². The molecular formula is C14H17N2+. The number of nitrogens with zero attached hydrogens (tertiary/aromatic N) is 2. The van der Waals surface area contributed by atoms with Gasteiger partial charge in [0.15, 0.2) is 5.69 Å². The average molecular weight is 219 g/mol. The molecule has 0 N–H and O–H groups in total. The van der Waals surface area contributed by atoms with Gasteiger partial charge in [0.05, 0.1) is 18.8 Å². The largest absolute Gasteiger partial charge is 0.330 e. The highest BCUT2D eigenvalue weighted by atomic mass is 15.0. The Hall–Kier alpha value is -1.70. The molecule has 2 rings (SSSR count). The van der Waals surface area contributed by atoms with Crippen molar-refractivity contribution >= 4 is 0 Å². The fourth-order valence-corrected chi connectivity index (χ4v) is 1.65. The molecule has 0 aliphatic heterocycles. The van der Waals surface area contributed by atoms with Crippen molar-refractivity contribution in [3.05, 3.63) is 47.3 Å². The summed E-state index contributed by atoms with van der Waals surface area (Å²) in [5, 5.41) is 0. The molecule has 82 valence electrons. The monoisotopic (exact) mass is 219 g/mol. The molecule has 0 saturated heterocycles. The van der Waals surface area contributed by atoms with Crippen LogP contribution in [0.4, 0.5) is 0 Å². The summed E-state index contributed by atoms with van der Waals surface area (Å²) >= 11 is 0. The van der Waals surface area contributed by atoms with Crippen molar-refractivity contribution in [2.45, 2.75) is 20.6 Å². The van der Waals surface area contributed by atoms with E-state index in [4.69, 9.17) is 8.22 Å². The Morgan fingerprint density at radius 1 is 1.25 bits per heavy atom. The zero-order valence-corrected chi connectivity index (χ0v) is 9.28. The minimum atomic E-state index is -2.28. The number of hydrogen-bond donors (Lipinski definition) is 0. The first kappa shape index (κ1) is 5.58. The van der Waals surface area contributed by atoms with Crippen LogP contribution in [0, 0.1) is 20.6 Å². The lowest BCUT2D eigenvalue weighted by Crippen LogP contribution is -2.32. The standard InChI is InChI=1S/C14H17N2/c1-10-5-6-13(11(2)9-10)14-15-12(3)7-8-16(14)4/h5-9H,1-4H3/q+1/i1D3,3D3.